The first-order valence-corrected chi connectivity index (χ1v) is 13.2. The zero-order valence-corrected chi connectivity index (χ0v) is 20.1. The molecule has 2 aromatic rings. The third-order valence-corrected chi connectivity index (χ3v) is 8.45. The fourth-order valence-electron chi connectivity index (χ4n) is 4.63. The van der Waals surface area contributed by atoms with Crippen molar-refractivity contribution in [1.29, 1.82) is 5.26 Å². The van der Waals surface area contributed by atoms with E-state index in [-0.39, 0.29) is 24.0 Å². The van der Waals surface area contributed by atoms with Crippen molar-refractivity contribution in [2.45, 2.75) is 24.3 Å². The number of carbonyl (C=O) groups excluding carboxylic acids is 1. The van der Waals surface area contributed by atoms with E-state index < -0.39 is 10.0 Å². The topological polar surface area (TPSA) is 96.7 Å². The van der Waals surface area contributed by atoms with E-state index in [1.165, 1.54) is 34.1 Å². The molecule has 2 fully saturated rings. The zero-order chi connectivity index (χ0) is 24.0. The normalized spacial score (nSPS) is 20.0. The molecular formula is C25H31N5O3S. The van der Waals surface area contributed by atoms with E-state index in [1.54, 1.807) is 4.90 Å². The average Bonchev–Trinajstić information content (AvgIpc) is 2.88. The van der Waals surface area contributed by atoms with E-state index in [4.69, 9.17) is 5.26 Å². The Morgan fingerprint density at radius 2 is 1.71 bits per heavy atom. The van der Waals surface area contributed by atoms with Gasteiger partial charge in [-0.3, -0.25) is 4.90 Å². The summed E-state index contributed by atoms with van der Waals surface area (Å²) in [5.41, 5.74) is 1.72. The summed E-state index contributed by atoms with van der Waals surface area (Å²) >= 11 is 0. The van der Waals surface area contributed by atoms with Crippen molar-refractivity contribution in [3.05, 3.63) is 65.7 Å². The second kappa shape index (κ2) is 11.0. The lowest BCUT2D eigenvalue weighted by Gasteiger charge is -2.35. The lowest BCUT2D eigenvalue weighted by atomic mass is 9.97. The third kappa shape index (κ3) is 5.95. The summed E-state index contributed by atoms with van der Waals surface area (Å²) in [5.74, 6) is 0.416. The van der Waals surface area contributed by atoms with Gasteiger partial charge in [0, 0.05) is 45.8 Å². The van der Waals surface area contributed by atoms with Gasteiger partial charge >= 0.3 is 6.03 Å². The quantitative estimate of drug-likeness (QED) is 0.684. The molecule has 4 rings (SSSR count). The van der Waals surface area contributed by atoms with Crippen LogP contribution in [0.2, 0.25) is 0 Å². The molecular weight excluding hydrogens is 450 g/mol. The first kappa shape index (κ1) is 24.2. The molecule has 0 bridgehead atoms. The highest BCUT2D eigenvalue weighted by molar-refractivity contribution is 7.89. The molecule has 2 aromatic carbocycles. The number of nitrogens with one attached hydrogen (secondary N) is 1. The predicted octanol–water partition coefficient (Wildman–Crippen LogP) is 2.49. The van der Waals surface area contributed by atoms with Crippen LogP contribution in [0.3, 0.4) is 0 Å². The van der Waals surface area contributed by atoms with Crippen molar-refractivity contribution in [1.82, 2.24) is 19.4 Å². The summed E-state index contributed by atoms with van der Waals surface area (Å²) in [7, 11) is -3.64. The van der Waals surface area contributed by atoms with Crippen LogP contribution in [-0.2, 0) is 16.6 Å². The van der Waals surface area contributed by atoms with Crippen LogP contribution in [-0.4, -0.2) is 74.4 Å². The maximum absolute atomic E-state index is 12.9. The molecule has 2 amide bonds. The van der Waals surface area contributed by atoms with Gasteiger partial charge < -0.3 is 10.2 Å². The molecule has 2 heterocycles. The Labute approximate surface area is 201 Å². The molecule has 34 heavy (non-hydrogen) atoms. The second-order valence-corrected chi connectivity index (χ2v) is 10.9. The van der Waals surface area contributed by atoms with Crippen LogP contribution in [0.15, 0.2) is 59.5 Å². The minimum atomic E-state index is -3.64. The van der Waals surface area contributed by atoms with Gasteiger partial charge in [0.2, 0.25) is 10.0 Å². The number of nitriles is 1. The van der Waals surface area contributed by atoms with Crippen LogP contribution in [0.5, 0.6) is 0 Å². The second-order valence-electron chi connectivity index (χ2n) is 8.94. The van der Waals surface area contributed by atoms with Crippen LogP contribution in [0.4, 0.5) is 4.79 Å². The number of rotatable bonds is 6. The molecule has 0 saturated carbocycles. The zero-order valence-electron chi connectivity index (χ0n) is 19.3. The van der Waals surface area contributed by atoms with Crippen LogP contribution >= 0.6 is 0 Å². The van der Waals surface area contributed by atoms with Crippen LogP contribution in [0, 0.1) is 17.2 Å². The van der Waals surface area contributed by atoms with Crippen molar-refractivity contribution < 1.29 is 13.2 Å². The summed E-state index contributed by atoms with van der Waals surface area (Å²) in [6.07, 6.45) is 2.22. The average molecular weight is 482 g/mol. The summed E-state index contributed by atoms with van der Waals surface area (Å²) in [6, 6.07) is 18.2. The number of piperazine rings is 1. The van der Waals surface area contributed by atoms with Crippen molar-refractivity contribution in [3.8, 4) is 6.07 Å². The summed E-state index contributed by atoms with van der Waals surface area (Å²) in [6.45, 7) is 4.82. The molecule has 1 N–H and O–H groups in total. The fraction of sp³-hybridized carbons (Fsp3) is 0.440. The SMILES string of the molecule is N#Cc1ccc(S(=O)(=O)N2CCN(C(=O)NCC3CCCN(Cc4ccccc4)C3)CC2)cc1. The van der Waals surface area contributed by atoms with Gasteiger partial charge in [0.25, 0.3) is 0 Å². The van der Waals surface area contributed by atoms with Gasteiger partial charge in [-0.15, -0.1) is 0 Å². The maximum atomic E-state index is 12.9. The Morgan fingerprint density at radius 3 is 2.38 bits per heavy atom. The predicted molar refractivity (Wildman–Crippen MR) is 129 cm³/mol. The summed E-state index contributed by atoms with van der Waals surface area (Å²) < 4.78 is 27.2. The number of amides is 2. The Bertz CT molecular complexity index is 1110. The number of piperidine rings is 1. The van der Waals surface area contributed by atoms with Gasteiger partial charge in [-0.2, -0.15) is 9.57 Å². The maximum Gasteiger partial charge on any atom is 0.317 e. The van der Waals surface area contributed by atoms with Crippen molar-refractivity contribution in [2.75, 3.05) is 45.8 Å². The minimum absolute atomic E-state index is 0.129. The van der Waals surface area contributed by atoms with E-state index in [0.29, 0.717) is 31.1 Å². The largest absolute Gasteiger partial charge is 0.338 e. The molecule has 2 aliphatic heterocycles. The van der Waals surface area contributed by atoms with Gasteiger partial charge in [0.05, 0.1) is 16.5 Å². The monoisotopic (exact) mass is 481 g/mol. The standard InChI is InChI=1S/C25H31N5O3S/c26-17-21-8-10-24(11-9-21)34(32,33)30-15-13-29(14-16-30)25(31)27-18-23-7-4-12-28(20-23)19-22-5-2-1-3-6-22/h1-3,5-6,8-11,23H,4,7,12-16,18-20H2,(H,27,31). The summed E-state index contributed by atoms with van der Waals surface area (Å²) in [4.78, 5) is 17.0. The minimum Gasteiger partial charge on any atom is -0.338 e. The lowest BCUT2D eigenvalue weighted by Crippen LogP contribution is -2.54. The van der Waals surface area contributed by atoms with Crippen LogP contribution < -0.4 is 5.32 Å². The van der Waals surface area contributed by atoms with E-state index in [0.717, 1.165) is 32.5 Å². The van der Waals surface area contributed by atoms with Crippen molar-refractivity contribution >= 4 is 16.1 Å². The highest BCUT2D eigenvalue weighted by Gasteiger charge is 2.30. The number of hydrogen-bond acceptors (Lipinski definition) is 5. The highest BCUT2D eigenvalue weighted by Crippen LogP contribution is 2.20. The molecule has 1 atom stereocenters. The molecule has 2 saturated heterocycles. The molecule has 0 spiro atoms. The molecule has 180 valence electrons. The van der Waals surface area contributed by atoms with Crippen molar-refractivity contribution in [3.63, 3.8) is 0 Å². The molecule has 9 heteroatoms. The smallest absolute Gasteiger partial charge is 0.317 e. The number of likely N-dealkylation sites (tertiary alicyclic amines) is 1. The van der Waals surface area contributed by atoms with Gasteiger partial charge in [-0.1, -0.05) is 30.3 Å². The molecule has 1 unspecified atom stereocenters. The number of carbonyl (C=O) groups is 1. The number of hydrogen-bond donors (Lipinski definition) is 1. The number of urea groups is 1. The van der Waals surface area contributed by atoms with E-state index >= 15 is 0 Å². The van der Waals surface area contributed by atoms with Crippen LogP contribution in [0.1, 0.15) is 24.0 Å². The number of nitrogens with zero attached hydrogens (tertiary/aromatic N) is 4. The fourth-order valence-corrected chi connectivity index (χ4v) is 6.05. The summed E-state index contributed by atoms with van der Waals surface area (Å²) in [5, 5.41) is 12.0. The van der Waals surface area contributed by atoms with E-state index in [1.807, 2.05) is 12.1 Å². The first-order chi connectivity index (χ1) is 16.5. The molecule has 0 aromatic heterocycles. The van der Waals surface area contributed by atoms with Gasteiger partial charge in [0.1, 0.15) is 0 Å². The molecule has 0 radical (unpaired) electrons. The number of benzene rings is 2. The Balaban J connectivity index is 1.23. The van der Waals surface area contributed by atoms with Crippen LogP contribution in [0.25, 0.3) is 0 Å². The molecule has 8 nitrogen and oxygen atoms in total. The lowest BCUT2D eigenvalue weighted by molar-refractivity contribution is 0.152. The van der Waals surface area contributed by atoms with E-state index in [9.17, 15) is 13.2 Å². The van der Waals surface area contributed by atoms with E-state index in [2.05, 4.69) is 34.5 Å². The Morgan fingerprint density at radius 1 is 1.00 bits per heavy atom. The first-order valence-electron chi connectivity index (χ1n) is 11.7. The highest BCUT2D eigenvalue weighted by atomic mass is 32.2. The number of sulfonamides is 1. The molecule has 0 aliphatic carbocycles. The van der Waals surface area contributed by atoms with Gasteiger partial charge in [-0.25, -0.2) is 13.2 Å². The van der Waals surface area contributed by atoms with Gasteiger partial charge in [-0.05, 0) is 55.1 Å². The Kier molecular flexibility index (Phi) is 7.83. The van der Waals surface area contributed by atoms with Gasteiger partial charge in [0.15, 0.2) is 0 Å². The molecule has 2 aliphatic rings. The van der Waals surface area contributed by atoms with Crippen molar-refractivity contribution in [2.24, 2.45) is 5.92 Å². The third-order valence-electron chi connectivity index (χ3n) is 6.54. The Hall–Kier alpha value is -2.93.